The third-order valence-corrected chi connectivity index (χ3v) is 3.66. The number of carbonyl (C=O) groups is 1. The van der Waals surface area contributed by atoms with Crippen molar-refractivity contribution in [2.75, 3.05) is 6.26 Å². The number of carbonyl (C=O) groups excluding carboxylic acids is 1. The number of amides is 1. The van der Waals surface area contributed by atoms with Gasteiger partial charge in [0.25, 0.3) is 5.91 Å². The Labute approximate surface area is 128 Å². The number of nitrogens with one attached hydrogen (secondary N) is 2. The van der Waals surface area contributed by atoms with E-state index in [0.29, 0.717) is 28.7 Å². The van der Waals surface area contributed by atoms with E-state index in [1.165, 1.54) is 11.8 Å². The Kier molecular flexibility index (Phi) is 4.95. The molecule has 0 aliphatic heterocycles. The first kappa shape index (κ1) is 15.5. The zero-order valence-electron chi connectivity index (χ0n) is 12.6. The molecule has 2 aromatic heterocycles. The maximum absolute atomic E-state index is 12.4. The number of aromatic nitrogens is 4. The highest BCUT2D eigenvalue weighted by Gasteiger charge is 2.19. The average Bonchev–Trinajstić information content (AvgIpc) is 2.96. The van der Waals surface area contributed by atoms with Gasteiger partial charge in [0.2, 0.25) is 0 Å². The van der Waals surface area contributed by atoms with Gasteiger partial charge in [0.1, 0.15) is 16.7 Å². The van der Waals surface area contributed by atoms with E-state index in [9.17, 15) is 4.79 Å². The molecule has 0 spiro atoms. The lowest BCUT2D eigenvalue weighted by Crippen LogP contribution is -2.26. The van der Waals surface area contributed by atoms with Crippen molar-refractivity contribution < 1.29 is 4.79 Å². The van der Waals surface area contributed by atoms with Crippen LogP contribution in [0.4, 0.5) is 0 Å². The number of H-pyrrole nitrogens is 1. The average molecular weight is 305 g/mol. The van der Waals surface area contributed by atoms with Crippen molar-refractivity contribution in [2.24, 2.45) is 0 Å². The zero-order valence-corrected chi connectivity index (χ0v) is 13.4. The van der Waals surface area contributed by atoms with Gasteiger partial charge in [0.05, 0.1) is 17.8 Å². The fraction of sp³-hybridized carbons (Fsp3) is 0.429. The summed E-state index contributed by atoms with van der Waals surface area (Å²) in [6.45, 7) is 6.27. The lowest BCUT2D eigenvalue weighted by Gasteiger charge is -2.13. The molecule has 7 heteroatoms. The number of aromatic amines is 1. The van der Waals surface area contributed by atoms with E-state index in [0.717, 1.165) is 5.82 Å². The minimum absolute atomic E-state index is 0.177. The molecule has 0 aromatic carbocycles. The largest absolute Gasteiger partial charge is 0.347 e. The third kappa shape index (κ3) is 3.60. The van der Waals surface area contributed by atoms with Crippen LogP contribution in [0.1, 0.15) is 47.5 Å². The quantitative estimate of drug-likeness (QED) is 0.654. The van der Waals surface area contributed by atoms with Crippen molar-refractivity contribution in [3.8, 4) is 0 Å². The topological polar surface area (TPSA) is 83.6 Å². The summed E-state index contributed by atoms with van der Waals surface area (Å²) < 4.78 is 0. The van der Waals surface area contributed by atoms with E-state index in [1.54, 1.807) is 12.4 Å². The monoisotopic (exact) mass is 305 g/mol. The molecule has 2 heterocycles. The number of aryl methyl sites for hydroxylation is 1. The Morgan fingerprint density at radius 3 is 2.76 bits per heavy atom. The molecule has 0 aliphatic carbocycles. The molecule has 112 valence electrons. The van der Waals surface area contributed by atoms with E-state index >= 15 is 0 Å². The SMILES string of the molecule is CSc1nc(C(C)C)nc(C)c1C(=O)NCc1ncc[nH]1. The molecule has 0 saturated carbocycles. The van der Waals surface area contributed by atoms with Crippen molar-refractivity contribution in [3.05, 3.63) is 35.3 Å². The van der Waals surface area contributed by atoms with Crippen LogP contribution in [-0.4, -0.2) is 32.1 Å². The molecule has 0 aliphatic rings. The number of hydrogen-bond acceptors (Lipinski definition) is 5. The summed E-state index contributed by atoms with van der Waals surface area (Å²) in [6, 6.07) is 0. The summed E-state index contributed by atoms with van der Waals surface area (Å²) in [6.07, 6.45) is 5.29. The molecule has 6 nitrogen and oxygen atoms in total. The van der Waals surface area contributed by atoms with Crippen molar-refractivity contribution in [1.29, 1.82) is 0 Å². The standard InChI is InChI=1S/C14H19N5OS/c1-8(2)12-18-9(3)11(14(19-12)21-4)13(20)17-7-10-15-5-6-16-10/h5-6,8H,7H2,1-4H3,(H,15,16)(H,17,20). The predicted octanol–water partition coefficient (Wildman–Crippen LogP) is 2.28. The molecule has 21 heavy (non-hydrogen) atoms. The maximum Gasteiger partial charge on any atom is 0.256 e. The van der Waals surface area contributed by atoms with Crippen LogP contribution in [0.3, 0.4) is 0 Å². The van der Waals surface area contributed by atoms with Gasteiger partial charge in [-0.05, 0) is 13.2 Å². The van der Waals surface area contributed by atoms with Crippen molar-refractivity contribution in [3.63, 3.8) is 0 Å². The number of thioether (sulfide) groups is 1. The van der Waals surface area contributed by atoms with E-state index in [1.807, 2.05) is 27.0 Å². The van der Waals surface area contributed by atoms with Crippen LogP contribution in [-0.2, 0) is 6.54 Å². The lowest BCUT2D eigenvalue weighted by atomic mass is 10.1. The number of nitrogens with zero attached hydrogens (tertiary/aromatic N) is 3. The Morgan fingerprint density at radius 2 is 2.19 bits per heavy atom. The molecule has 0 saturated heterocycles. The highest BCUT2D eigenvalue weighted by atomic mass is 32.2. The van der Waals surface area contributed by atoms with Crippen LogP contribution < -0.4 is 5.32 Å². The fourth-order valence-corrected chi connectivity index (χ4v) is 2.51. The molecule has 0 bridgehead atoms. The second kappa shape index (κ2) is 6.71. The van der Waals surface area contributed by atoms with Gasteiger partial charge in [-0.3, -0.25) is 4.79 Å². The molecule has 0 radical (unpaired) electrons. The Hall–Kier alpha value is -1.89. The maximum atomic E-state index is 12.4. The van der Waals surface area contributed by atoms with Crippen LogP contribution in [0.5, 0.6) is 0 Å². The minimum atomic E-state index is -0.177. The minimum Gasteiger partial charge on any atom is -0.347 e. The summed E-state index contributed by atoms with van der Waals surface area (Å²) in [4.78, 5) is 28.3. The second-order valence-electron chi connectivity index (χ2n) is 4.92. The van der Waals surface area contributed by atoms with Gasteiger partial charge >= 0.3 is 0 Å². The number of imidazole rings is 1. The number of rotatable bonds is 5. The zero-order chi connectivity index (χ0) is 15.4. The Bertz CT molecular complexity index is 625. The molecule has 1 amide bonds. The van der Waals surface area contributed by atoms with E-state index in [2.05, 4.69) is 25.3 Å². The van der Waals surface area contributed by atoms with Gasteiger partial charge in [0.15, 0.2) is 0 Å². The van der Waals surface area contributed by atoms with Gasteiger partial charge in [-0.25, -0.2) is 15.0 Å². The van der Waals surface area contributed by atoms with Gasteiger partial charge in [0, 0.05) is 18.3 Å². The highest BCUT2D eigenvalue weighted by Crippen LogP contribution is 2.23. The van der Waals surface area contributed by atoms with Gasteiger partial charge in [-0.1, -0.05) is 13.8 Å². The van der Waals surface area contributed by atoms with Crippen molar-refractivity contribution in [2.45, 2.75) is 38.3 Å². The van der Waals surface area contributed by atoms with Gasteiger partial charge < -0.3 is 10.3 Å². The van der Waals surface area contributed by atoms with Crippen LogP contribution in [0.15, 0.2) is 17.4 Å². The molecule has 2 N–H and O–H groups in total. The molecule has 0 fully saturated rings. The summed E-state index contributed by atoms with van der Waals surface area (Å²) >= 11 is 1.46. The van der Waals surface area contributed by atoms with Crippen LogP contribution >= 0.6 is 11.8 Å². The van der Waals surface area contributed by atoms with Crippen LogP contribution in [0.2, 0.25) is 0 Å². The molecule has 0 atom stereocenters. The normalized spacial score (nSPS) is 10.9. The highest BCUT2D eigenvalue weighted by molar-refractivity contribution is 7.98. The first-order valence-corrected chi connectivity index (χ1v) is 7.94. The van der Waals surface area contributed by atoms with Gasteiger partial charge in [-0.2, -0.15) is 0 Å². The van der Waals surface area contributed by atoms with E-state index in [-0.39, 0.29) is 11.8 Å². The molecular weight excluding hydrogens is 286 g/mol. The summed E-state index contributed by atoms with van der Waals surface area (Å²) in [5, 5.41) is 3.55. The van der Waals surface area contributed by atoms with Crippen LogP contribution in [0, 0.1) is 6.92 Å². The predicted molar refractivity (Wildman–Crippen MR) is 82.4 cm³/mol. The van der Waals surface area contributed by atoms with E-state index in [4.69, 9.17) is 0 Å². The first-order valence-electron chi connectivity index (χ1n) is 6.72. The van der Waals surface area contributed by atoms with Crippen LogP contribution in [0.25, 0.3) is 0 Å². The molecule has 2 rings (SSSR count). The third-order valence-electron chi connectivity index (χ3n) is 2.98. The summed E-state index contributed by atoms with van der Waals surface area (Å²) in [5.74, 6) is 1.53. The van der Waals surface area contributed by atoms with Crippen molar-refractivity contribution >= 4 is 17.7 Å². The molecule has 2 aromatic rings. The second-order valence-corrected chi connectivity index (χ2v) is 5.72. The lowest BCUT2D eigenvalue weighted by molar-refractivity contribution is 0.0945. The number of hydrogen-bond donors (Lipinski definition) is 2. The first-order chi connectivity index (χ1) is 10.0. The fourth-order valence-electron chi connectivity index (χ4n) is 1.88. The van der Waals surface area contributed by atoms with Crippen molar-refractivity contribution in [1.82, 2.24) is 25.3 Å². The molecular formula is C14H19N5OS. The smallest absolute Gasteiger partial charge is 0.256 e. The molecule has 0 unspecified atom stereocenters. The van der Waals surface area contributed by atoms with E-state index < -0.39 is 0 Å². The Balaban J connectivity index is 2.23. The summed E-state index contributed by atoms with van der Waals surface area (Å²) in [5.41, 5.74) is 1.24. The van der Waals surface area contributed by atoms with Gasteiger partial charge in [-0.15, -0.1) is 11.8 Å². The Morgan fingerprint density at radius 1 is 1.43 bits per heavy atom. The summed E-state index contributed by atoms with van der Waals surface area (Å²) in [7, 11) is 0.